The third-order valence-corrected chi connectivity index (χ3v) is 5.67. The maximum Gasteiger partial charge on any atom is 0.251 e. The molecule has 3 rings (SSSR count). The predicted octanol–water partition coefficient (Wildman–Crippen LogP) is 3.10. The molecule has 1 saturated carbocycles. The summed E-state index contributed by atoms with van der Waals surface area (Å²) in [5, 5.41) is 3.62. The van der Waals surface area contributed by atoms with Crippen molar-refractivity contribution in [1.29, 1.82) is 0 Å². The Morgan fingerprint density at radius 3 is 2.71 bits per heavy atom. The van der Waals surface area contributed by atoms with Crippen LogP contribution in [0.4, 0.5) is 5.00 Å². The van der Waals surface area contributed by atoms with E-state index in [1.54, 1.807) is 11.3 Å². The molecule has 0 aliphatic heterocycles. The zero-order valence-corrected chi connectivity index (χ0v) is 13.2. The van der Waals surface area contributed by atoms with Crippen molar-refractivity contribution in [2.45, 2.75) is 51.9 Å². The number of anilines is 1. The smallest absolute Gasteiger partial charge is 0.251 e. The lowest BCUT2D eigenvalue weighted by atomic mass is 9.84. The van der Waals surface area contributed by atoms with Crippen molar-refractivity contribution in [3.05, 3.63) is 16.0 Å². The minimum Gasteiger partial charge on any atom is -0.365 e. The molecule has 1 atom stereocenters. The molecule has 1 heterocycles. The Kier molecular flexibility index (Phi) is 4.02. The highest BCUT2D eigenvalue weighted by Gasteiger charge is 2.33. The lowest BCUT2D eigenvalue weighted by Gasteiger charge is -2.21. The van der Waals surface area contributed by atoms with Gasteiger partial charge in [-0.2, -0.15) is 0 Å². The highest BCUT2D eigenvalue weighted by atomic mass is 32.1. The van der Waals surface area contributed by atoms with Crippen LogP contribution in [0.15, 0.2) is 0 Å². The average Bonchev–Trinajstić information content (AvgIpc) is 3.21. The fraction of sp³-hybridized carbons (Fsp3) is 0.625. The van der Waals surface area contributed by atoms with Crippen LogP contribution < -0.4 is 11.1 Å². The first-order valence-electron chi connectivity index (χ1n) is 7.85. The van der Waals surface area contributed by atoms with Crippen LogP contribution in [0.25, 0.3) is 0 Å². The SMILES string of the molecule is CCC[C@@H]1CCc2c(sc(NC(=O)C3CC3)c2C(N)=O)C1. The number of thiophene rings is 1. The average molecular weight is 306 g/mol. The van der Waals surface area contributed by atoms with Gasteiger partial charge in [-0.05, 0) is 43.6 Å². The van der Waals surface area contributed by atoms with Crippen molar-refractivity contribution < 1.29 is 9.59 Å². The molecule has 1 aromatic heterocycles. The molecule has 2 amide bonds. The van der Waals surface area contributed by atoms with Crippen LogP contribution in [0, 0.1) is 11.8 Å². The summed E-state index contributed by atoms with van der Waals surface area (Å²) in [4.78, 5) is 25.0. The van der Waals surface area contributed by atoms with Gasteiger partial charge in [0.25, 0.3) is 5.91 Å². The van der Waals surface area contributed by atoms with Crippen LogP contribution in [0.2, 0.25) is 0 Å². The Hall–Kier alpha value is -1.36. The van der Waals surface area contributed by atoms with Gasteiger partial charge in [0.05, 0.1) is 5.56 Å². The monoisotopic (exact) mass is 306 g/mol. The molecule has 0 aromatic carbocycles. The van der Waals surface area contributed by atoms with Crippen molar-refractivity contribution in [2.75, 3.05) is 5.32 Å². The summed E-state index contributed by atoms with van der Waals surface area (Å²) in [6, 6.07) is 0. The van der Waals surface area contributed by atoms with E-state index in [0.717, 1.165) is 37.7 Å². The Bertz CT molecular complexity index is 575. The molecule has 1 fully saturated rings. The molecule has 114 valence electrons. The fourth-order valence-corrected chi connectivity index (χ4v) is 4.59. The summed E-state index contributed by atoms with van der Waals surface area (Å²) in [5.74, 6) is 0.472. The second kappa shape index (κ2) is 5.79. The Morgan fingerprint density at radius 2 is 2.10 bits per heavy atom. The van der Waals surface area contributed by atoms with E-state index in [9.17, 15) is 9.59 Å². The Balaban J connectivity index is 1.86. The highest BCUT2D eigenvalue weighted by molar-refractivity contribution is 7.17. The van der Waals surface area contributed by atoms with Gasteiger partial charge in [0.15, 0.2) is 0 Å². The van der Waals surface area contributed by atoms with Gasteiger partial charge in [0, 0.05) is 10.8 Å². The molecule has 3 N–H and O–H groups in total. The van der Waals surface area contributed by atoms with E-state index >= 15 is 0 Å². The van der Waals surface area contributed by atoms with Crippen LogP contribution in [-0.2, 0) is 17.6 Å². The van der Waals surface area contributed by atoms with E-state index in [4.69, 9.17) is 5.73 Å². The van der Waals surface area contributed by atoms with Crippen LogP contribution in [0.5, 0.6) is 0 Å². The minimum absolute atomic E-state index is 0.0428. The van der Waals surface area contributed by atoms with E-state index in [1.807, 2.05) is 0 Å². The highest BCUT2D eigenvalue weighted by Crippen LogP contribution is 2.41. The molecule has 4 nitrogen and oxygen atoms in total. The van der Waals surface area contributed by atoms with Gasteiger partial charge in [-0.3, -0.25) is 9.59 Å². The van der Waals surface area contributed by atoms with E-state index in [1.165, 1.54) is 17.7 Å². The maximum absolute atomic E-state index is 12.0. The molecular weight excluding hydrogens is 284 g/mol. The lowest BCUT2D eigenvalue weighted by Crippen LogP contribution is -2.20. The summed E-state index contributed by atoms with van der Waals surface area (Å²) in [6.07, 6.45) is 7.39. The van der Waals surface area contributed by atoms with Crippen LogP contribution in [0.3, 0.4) is 0 Å². The summed E-state index contributed by atoms with van der Waals surface area (Å²) < 4.78 is 0. The quantitative estimate of drug-likeness (QED) is 0.877. The van der Waals surface area contributed by atoms with Crippen molar-refractivity contribution in [1.82, 2.24) is 0 Å². The second-order valence-corrected chi connectivity index (χ2v) is 7.34. The fourth-order valence-electron chi connectivity index (χ4n) is 3.22. The van der Waals surface area contributed by atoms with Gasteiger partial charge in [-0.15, -0.1) is 11.3 Å². The van der Waals surface area contributed by atoms with E-state index in [0.29, 0.717) is 16.5 Å². The third-order valence-electron chi connectivity index (χ3n) is 4.50. The minimum atomic E-state index is -0.410. The molecule has 0 saturated heterocycles. The molecule has 2 aliphatic carbocycles. The molecule has 0 unspecified atom stereocenters. The zero-order valence-electron chi connectivity index (χ0n) is 12.4. The summed E-state index contributed by atoms with van der Waals surface area (Å²) in [5.41, 5.74) is 7.22. The predicted molar refractivity (Wildman–Crippen MR) is 84.6 cm³/mol. The first-order chi connectivity index (χ1) is 10.1. The molecule has 0 radical (unpaired) electrons. The van der Waals surface area contributed by atoms with Crippen molar-refractivity contribution in [3.63, 3.8) is 0 Å². The Morgan fingerprint density at radius 1 is 1.33 bits per heavy atom. The van der Waals surface area contributed by atoms with Gasteiger partial charge >= 0.3 is 0 Å². The Labute approximate surface area is 129 Å². The number of rotatable bonds is 5. The van der Waals surface area contributed by atoms with Crippen LogP contribution in [-0.4, -0.2) is 11.8 Å². The normalized spacial score (nSPS) is 20.9. The molecule has 5 heteroatoms. The number of hydrogen-bond acceptors (Lipinski definition) is 3. The van der Waals surface area contributed by atoms with Gasteiger partial charge in [0.2, 0.25) is 5.91 Å². The number of nitrogens with two attached hydrogens (primary N) is 1. The zero-order chi connectivity index (χ0) is 15.0. The molecule has 0 bridgehead atoms. The molecule has 2 aliphatic rings. The van der Waals surface area contributed by atoms with E-state index in [-0.39, 0.29) is 11.8 Å². The van der Waals surface area contributed by atoms with Gasteiger partial charge in [-0.25, -0.2) is 0 Å². The summed E-state index contributed by atoms with van der Waals surface area (Å²) >= 11 is 1.56. The van der Waals surface area contributed by atoms with Gasteiger partial charge < -0.3 is 11.1 Å². The molecule has 1 aromatic rings. The van der Waals surface area contributed by atoms with Crippen LogP contribution >= 0.6 is 11.3 Å². The number of fused-ring (bicyclic) bond motifs is 1. The molecular formula is C16H22N2O2S. The maximum atomic E-state index is 12.0. The number of primary amides is 1. The van der Waals surface area contributed by atoms with Gasteiger partial charge in [-0.1, -0.05) is 19.8 Å². The summed E-state index contributed by atoms with van der Waals surface area (Å²) in [6.45, 7) is 2.21. The topological polar surface area (TPSA) is 72.2 Å². The number of carbonyl (C=O) groups is 2. The molecule has 0 spiro atoms. The second-order valence-electron chi connectivity index (χ2n) is 6.23. The number of amides is 2. The largest absolute Gasteiger partial charge is 0.365 e. The lowest BCUT2D eigenvalue weighted by molar-refractivity contribution is -0.117. The standard InChI is InChI=1S/C16H22N2O2S/c1-2-3-9-4-7-11-12(8-9)21-16(13(11)14(17)19)18-15(20)10-5-6-10/h9-10H,2-8H2,1H3,(H2,17,19)(H,18,20)/t9-/m1/s1. The van der Waals surface area contributed by atoms with E-state index < -0.39 is 5.91 Å². The van der Waals surface area contributed by atoms with Crippen molar-refractivity contribution >= 4 is 28.2 Å². The van der Waals surface area contributed by atoms with Crippen LogP contribution in [0.1, 0.15) is 59.8 Å². The number of nitrogens with one attached hydrogen (secondary N) is 1. The van der Waals surface area contributed by atoms with Crippen molar-refractivity contribution in [3.8, 4) is 0 Å². The van der Waals surface area contributed by atoms with Crippen molar-refractivity contribution in [2.24, 2.45) is 17.6 Å². The first kappa shape index (κ1) is 14.6. The number of hydrogen-bond donors (Lipinski definition) is 2. The number of carbonyl (C=O) groups excluding carboxylic acids is 2. The molecule has 21 heavy (non-hydrogen) atoms. The third kappa shape index (κ3) is 2.98. The first-order valence-corrected chi connectivity index (χ1v) is 8.67. The van der Waals surface area contributed by atoms with Gasteiger partial charge in [0.1, 0.15) is 5.00 Å². The summed E-state index contributed by atoms with van der Waals surface area (Å²) in [7, 11) is 0. The van der Waals surface area contributed by atoms with E-state index in [2.05, 4.69) is 12.2 Å².